The van der Waals surface area contributed by atoms with Crippen molar-refractivity contribution in [1.82, 2.24) is 10.0 Å². The van der Waals surface area contributed by atoms with Crippen LogP contribution in [0.15, 0.2) is 83.8 Å². The second-order valence-corrected chi connectivity index (χ2v) is 8.14. The van der Waals surface area contributed by atoms with Gasteiger partial charge in [-0.15, -0.1) is 0 Å². The summed E-state index contributed by atoms with van der Waals surface area (Å²) in [6.07, 6.45) is 0. The molecule has 0 unspecified atom stereocenters. The Balaban J connectivity index is 1.64. The van der Waals surface area contributed by atoms with Gasteiger partial charge >= 0.3 is 0 Å². The maximum absolute atomic E-state index is 12.6. The summed E-state index contributed by atoms with van der Waals surface area (Å²) < 4.78 is 32.8. The molecule has 0 saturated heterocycles. The van der Waals surface area contributed by atoms with Gasteiger partial charge in [-0.05, 0) is 41.5 Å². The lowest BCUT2D eigenvalue weighted by Crippen LogP contribution is -2.25. The number of carbonyl (C=O) groups excluding carboxylic acids is 1. The van der Waals surface area contributed by atoms with Crippen LogP contribution < -0.4 is 14.8 Å². The Morgan fingerprint density at radius 2 is 1.55 bits per heavy atom. The van der Waals surface area contributed by atoms with Crippen molar-refractivity contribution < 1.29 is 17.9 Å². The number of nitrogens with one attached hydrogen (secondary N) is 2. The third-order valence-electron chi connectivity index (χ3n) is 4.33. The third-order valence-corrected chi connectivity index (χ3v) is 5.73. The topological polar surface area (TPSA) is 84.5 Å². The quantitative estimate of drug-likeness (QED) is 0.598. The molecule has 0 radical (unpaired) electrons. The highest BCUT2D eigenvalue weighted by Crippen LogP contribution is 2.14. The van der Waals surface area contributed by atoms with E-state index in [9.17, 15) is 13.2 Å². The summed E-state index contributed by atoms with van der Waals surface area (Å²) in [5.41, 5.74) is 2.04. The fraction of sp³-hybridized carbons (Fsp3) is 0.136. The highest BCUT2D eigenvalue weighted by Gasteiger charge is 2.16. The molecule has 0 aliphatic heterocycles. The third kappa shape index (κ3) is 5.66. The fourth-order valence-corrected chi connectivity index (χ4v) is 3.75. The van der Waals surface area contributed by atoms with Crippen LogP contribution in [0.2, 0.25) is 0 Å². The number of methoxy groups -OCH3 is 1. The lowest BCUT2D eigenvalue weighted by Gasteiger charge is -2.10. The number of carbonyl (C=O) groups is 1. The van der Waals surface area contributed by atoms with Gasteiger partial charge in [0.15, 0.2) is 0 Å². The van der Waals surface area contributed by atoms with Crippen LogP contribution in [0.5, 0.6) is 5.75 Å². The zero-order valence-electron chi connectivity index (χ0n) is 16.0. The SMILES string of the molecule is COc1ccc(CNC(=O)c2cccc(S(=O)(=O)NCc3ccccc3)c2)cc1. The highest BCUT2D eigenvalue weighted by atomic mass is 32.2. The first-order chi connectivity index (χ1) is 14.0. The van der Waals surface area contributed by atoms with E-state index in [4.69, 9.17) is 4.74 Å². The average molecular weight is 410 g/mol. The summed E-state index contributed by atoms with van der Waals surface area (Å²) in [6, 6.07) is 22.5. The van der Waals surface area contributed by atoms with Crippen molar-refractivity contribution in [2.45, 2.75) is 18.0 Å². The van der Waals surface area contributed by atoms with Crippen LogP contribution in [0.1, 0.15) is 21.5 Å². The zero-order valence-corrected chi connectivity index (χ0v) is 16.8. The molecule has 3 rings (SSSR count). The molecule has 0 aromatic heterocycles. The second kappa shape index (κ2) is 9.36. The van der Waals surface area contributed by atoms with Gasteiger partial charge in [-0.25, -0.2) is 13.1 Å². The number of ether oxygens (including phenoxy) is 1. The van der Waals surface area contributed by atoms with Gasteiger partial charge in [-0.2, -0.15) is 0 Å². The number of rotatable bonds is 8. The molecular formula is C22H22N2O4S. The van der Waals surface area contributed by atoms with Crippen LogP contribution in [0, 0.1) is 0 Å². The lowest BCUT2D eigenvalue weighted by atomic mass is 10.2. The number of amides is 1. The molecule has 0 saturated carbocycles. The van der Waals surface area contributed by atoms with E-state index in [1.807, 2.05) is 54.6 Å². The minimum atomic E-state index is -3.73. The number of hydrogen-bond acceptors (Lipinski definition) is 4. The second-order valence-electron chi connectivity index (χ2n) is 6.37. The number of sulfonamides is 1. The monoisotopic (exact) mass is 410 g/mol. The molecular weight excluding hydrogens is 388 g/mol. The molecule has 3 aromatic rings. The summed E-state index contributed by atoms with van der Waals surface area (Å²) >= 11 is 0. The van der Waals surface area contributed by atoms with Gasteiger partial charge < -0.3 is 10.1 Å². The Labute approximate surface area is 170 Å². The first kappa shape index (κ1) is 20.6. The number of benzene rings is 3. The Morgan fingerprint density at radius 1 is 0.862 bits per heavy atom. The molecule has 1 amide bonds. The molecule has 2 N–H and O–H groups in total. The van der Waals surface area contributed by atoms with E-state index in [0.717, 1.165) is 16.9 Å². The van der Waals surface area contributed by atoms with Crippen molar-refractivity contribution in [3.63, 3.8) is 0 Å². The van der Waals surface area contributed by atoms with Gasteiger partial charge in [0.1, 0.15) is 5.75 Å². The Kier molecular flexibility index (Phi) is 6.64. The van der Waals surface area contributed by atoms with Gasteiger partial charge in [0.05, 0.1) is 12.0 Å². The van der Waals surface area contributed by atoms with E-state index >= 15 is 0 Å². The molecule has 0 aliphatic rings. The molecule has 150 valence electrons. The maximum Gasteiger partial charge on any atom is 0.251 e. The Bertz CT molecular complexity index is 1070. The Hall–Kier alpha value is -3.16. The van der Waals surface area contributed by atoms with Crippen molar-refractivity contribution >= 4 is 15.9 Å². The van der Waals surface area contributed by atoms with Crippen LogP contribution in [0.4, 0.5) is 0 Å². The molecule has 0 spiro atoms. The summed E-state index contributed by atoms with van der Waals surface area (Å²) in [7, 11) is -2.14. The average Bonchev–Trinajstić information content (AvgIpc) is 2.77. The molecule has 0 aliphatic carbocycles. The predicted molar refractivity (Wildman–Crippen MR) is 111 cm³/mol. The van der Waals surface area contributed by atoms with Gasteiger partial charge in [0, 0.05) is 18.7 Å². The predicted octanol–water partition coefficient (Wildman–Crippen LogP) is 3.10. The van der Waals surface area contributed by atoms with Crippen molar-refractivity contribution in [1.29, 1.82) is 0 Å². The van der Waals surface area contributed by atoms with E-state index in [1.54, 1.807) is 19.2 Å². The zero-order chi connectivity index (χ0) is 20.7. The summed E-state index contributed by atoms with van der Waals surface area (Å²) in [5, 5.41) is 2.79. The summed E-state index contributed by atoms with van der Waals surface area (Å²) in [5.74, 6) is 0.391. The number of hydrogen-bond donors (Lipinski definition) is 2. The van der Waals surface area contributed by atoms with E-state index in [0.29, 0.717) is 6.54 Å². The molecule has 7 heteroatoms. The van der Waals surface area contributed by atoms with Gasteiger partial charge in [0.25, 0.3) is 5.91 Å². The van der Waals surface area contributed by atoms with E-state index < -0.39 is 10.0 Å². The van der Waals surface area contributed by atoms with E-state index in [1.165, 1.54) is 12.1 Å². The molecule has 3 aromatic carbocycles. The minimum Gasteiger partial charge on any atom is -0.497 e. The fourth-order valence-electron chi connectivity index (χ4n) is 2.69. The first-order valence-corrected chi connectivity index (χ1v) is 10.5. The van der Waals surface area contributed by atoms with Crippen LogP contribution in [0.25, 0.3) is 0 Å². The molecule has 0 atom stereocenters. The smallest absolute Gasteiger partial charge is 0.251 e. The van der Waals surface area contributed by atoms with Crippen LogP contribution >= 0.6 is 0 Å². The molecule has 0 heterocycles. The standard InChI is InChI=1S/C22H22N2O4S/c1-28-20-12-10-18(11-13-20)15-23-22(25)19-8-5-9-21(14-19)29(26,27)24-16-17-6-3-2-4-7-17/h2-14,24H,15-16H2,1H3,(H,23,25). The molecule has 29 heavy (non-hydrogen) atoms. The lowest BCUT2D eigenvalue weighted by molar-refractivity contribution is 0.0950. The normalized spacial score (nSPS) is 11.1. The van der Waals surface area contributed by atoms with Crippen molar-refractivity contribution in [2.75, 3.05) is 7.11 Å². The summed E-state index contributed by atoms with van der Waals surface area (Å²) in [6.45, 7) is 0.503. The van der Waals surface area contributed by atoms with E-state index in [-0.39, 0.29) is 22.9 Å². The maximum atomic E-state index is 12.6. The van der Waals surface area contributed by atoms with Crippen molar-refractivity contribution in [3.05, 3.63) is 95.6 Å². The first-order valence-electron chi connectivity index (χ1n) is 9.03. The van der Waals surface area contributed by atoms with Crippen molar-refractivity contribution in [2.24, 2.45) is 0 Å². The van der Waals surface area contributed by atoms with E-state index in [2.05, 4.69) is 10.0 Å². The van der Waals surface area contributed by atoms with Gasteiger partial charge in [-0.3, -0.25) is 4.79 Å². The highest BCUT2D eigenvalue weighted by molar-refractivity contribution is 7.89. The Morgan fingerprint density at radius 3 is 2.24 bits per heavy atom. The minimum absolute atomic E-state index is 0.0468. The molecule has 0 bridgehead atoms. The van der Waals surface area contributed by atoms with Gasteiger partial charge in [0.2, 0.25) is 10.0 Å². The molecule has 0 fully saturated rings. The largest absolute Gasteiger partial charge is 0.497 e. The van der Waals surface area contributed by atoms with Crippen molar-refractivity contribution in [3.8, 4) is 5.75 Å². The summed E-state index contributed by atoms with van der Waals surface area (Å²) in [4.78, 5) is 12.5. The molecule has 6 nitrogen and oxygen atoms in total. The van der Waals surface area contributed by atoms with Crippen LogP contribution in [-0.4, -0.2) is 21.4 Å². The van der Waals surface area contributed by atoms with Crippen LogP contribution in [0.3, 0.4) is 0 Å². The van der Waals surface area contributed by atoms with Crippen LogP contribution in [-0.2, 0) is 23.1 Å². The van der Waals surface area contributed by atoms with Gasteiger partial charge in [-0.1, -0.05) is 48.5 Å².